The summed E-state index contributed by atoms with van der Waals surface area (Å²) in [4.78, 5) is 12.8. The van der Waals surface area contributed by atoms with Gasteiger partial charge in [-0.15, -0.1) is 0 Å². The quantitative estimate of drug-likeness (QED) is 0.440. The van der Waals surface area contributed by atoms with Crippen LogP contribution in [-0.4, -0.2) is 45.2 Å². The lowest BCUT2D eigenvalue weighted by Crippen LogP contribution is -2.79. The first kappa shape index (κ1) is 23.2. The number of fused-ring (bicyclic) bond motifs is 1. The number of nitrogens with one attached hydrogen (secondary N) is 1. The smallest absolute Gasteiger partial charge is 0.389 e. The maximum atomic E-state index is 13.8. The molecular formula is C22H22ClF4N3O4. The number of aliphatic hydroxyl groups is 1. The number of nitrogens with zero attached hydrogens (tertiary/aromatic N) is 2. The maximum Gasteiger partial charge on any atom is 0.389 e. The summed E-state index contributed by atoms with van der Waals surface area (Å²) in [6, 6.07) is 2.37. The standard InChI is InChI=1S/C22H22ClF4N3O4/c23-14-4-13-16(31)6-18(34-17(13)5-15(14)24)19(32)29-20-9-21(10-20,11-20)30-8-12(7-28-30)33-3-1-2-22(25,26)27/h4-5,7-8,16,18,31H,1-3,6,9-11H2,(H,29,32)/t16-,18-,20?,21?/m1/s1. The van der Waals surface area contributed by atoms with Crippen molar-refractivity contribution in [2.75, 3.05) is 6.61 Å². The largest absolute Gasteiger partial charge is 0.490 e. The third kappa shape index (κ3) is 4.19. The van der Waals surface area contributed by atoms with Gasteiger partial charge >= 0.3 is 6.18 Å². The zero-order chi connectivity index (χ0) is 24.3. The van der Waals surface area contributed by atoms with Gasteiger partial charge in [0.05, 0.1) is 35.7 Å². The van der Waals surface area contributed by atoms with Crippen LogP contribution in [0.15, 0.2) is 24.5 Å². The molecule has 0 saturated heterocycles. The van der Waals surface area contributed by atoms with Crippen molar-refractivity contribution >= 4 is 17.5 Å². The minimum atomic E-state index is -4.20. The molecular weight excluding hydrogens is 482 g/mol. The summed E-state index contributed by atoms with van der Waals surface area (Å²) in [6.45, 7) is -0.0509. The van der Waals surface area contributed by atoms with Gasteiger partial charge in [0.1, 0.15) is 11.6 Å². The van der Waals surface area contributed by atoms with Crippen molar-refractivity contribution in [1.82, 2.24) is 15.1 Å². The lowest BCUT2D eigenvalue weighted by Gasteiger charge is -2.70. The van der Waals surface area contributed by atoms with Crippen LogP contribution in [0.25, 0.3) is 0 Å². The summed E-state index contributed by atoms with van der Waals surface area (Å²) < 4.78 is 63.2. The molecule has 12 heteroatoms. The van der Waals surface area contributed by atoms with E-state index in [9.17, 15) is 27.5 Å². The van der Waals surface area contributed by atoms with Gasteiger partial charge in [-0.25, -0.2) is 4.39 Å². The van der Waals surface area contributed by atoms with Crippen LogP contribution < -0.4 is 14.8 Å². The molecule has 2 atom stereocenters. The zero-order valence-corrected chi connectivity index (χ0v) is 18.6. The highest BCUT2D eigenvalue weighted by molar-refractivity contribution is 6.30. The molecule has 4 aliphatic rings. The van der Waals surface area contributed by atoms with Gasteiger partial charge in [0.15, 0.2) is 11.9 Å². The minimum absolute atomic E-state index is 0.0240. The molecule has 7 nitrogen and oxygen atoms in total. The van der Waals surface area contributed by atoms with Gasteiger partial charge in [-0.1, -0.05) is 11.6 Å². The third-order valence-electron chi connectivity index (χ3n) is 6.72. The summed E-state index contributed by atoms with van der Waals surface area (Å²) in [6.07, 6.45) is -2.13. The monoisotopic (exact) mass is 503 g/mol. The number of hydrogen-bond acceptors (Lipinski definition) is 5. The van der Waals surface area contributed by atoms with Crippen molar-refractivity contribution in [3.05, 3.63) is 40.9 Å². The molecule has 0 spiro atoms. The molecule has 2 aromatic rings. The molecule has 3 saturated carbocycles. The Labute approximate surface area is 197 Å². The van der Waals surface area contributed by atoms with Gasteiger partial charge in [-0.3, -0.25) is 9.48 Å². The number of halogens is 5. The third-order valence-corrected chi connectivity index (χ3v) is 7.01. The SMILES string of the molecule is O=C(NC12CC(n3cc(OCCCC(F)(F)F)cn3)(C1)C2)[C@H]1C[C@@H](O)c2cc(Cl)c(F)cc2O1. The zero-order valence-electron chi connectivity index (χ0n) is 17.9. The summed E-state index contributed by atoms with van der Waals surface area (Å²) in [5.74, 6) is -0.588. The highest BCUT2D eigenvalue weighted by atomic mass is 35.5. The first-order chi connectivity index (χ1) is 16.0. The molecule has 1 aliphatic heterocycles. The van der Waals surface area contributed by atoms with E-state index in [1.54, 1.807) is 10.9 Å². The molecule has 34 heavy (non-hydrogen) atoms. The molecule has 3 fully saturated rings. The number of alkyl halides is 3. The van der Waals surface area contributed by atoms with Crippen molar-refractivity contribution < 1.29 is 36.9 Å². The topological polar surface area (TPSA) is 85.6 Å². The second-order valence-corrected chi connectivity index (χ2v) is 9.78. The van der Waals surface area contributed by atoms with Crippen molar-refractivity contribution in [2.24, 2.45) is 0 Å². The average Bonchev–Trinajstić information content (AvgIpc) is 3.16. The van der Waals surface area contributed by atoms with Crippen LogP contribution in [0.1, 0.15) is 50.2 Å². The highest BCUT2D eigenvalue weighted by Gasteiger charge is 2.70. The van der Waals surface area contributed by atoms with Crippen LogP contribution in [0.5, 0.6) is 11.5 Å². The second kappa shape index (κ2) is 8.01. The van der Waals surface area contributed by atoms with E-state index in [0.717, 1.165) is 6.07 Å². The van der Waals surface area contributed by atoms with Crippen LogP contribution in [0.3, 0.4) is 0 Å². The van der Waals surface area contributed by atoms with E-state index in [2.05, 4.69) is 10.4 Å². The Morgan fingerprint density at radius 3 is 2.79 bits per heavy atom. The van der Waals surface area contributed by atoms with Crippen LogP contribution in [0, 0.1) is 5.82 Å². The molecule has 3 aliphatic carbocycles. The molecule has 6 rings (SSSR count). The summed E-state index contributed by atoms with van der Waals surface area (Å²) in [5, 5.41) is 17.5. The average molecular weight is 504 g/mol. The Hall–Kier alpha value is -2.53. The van der Waals surface area contributed by atoms with Gasteiger partial charge in [0.25, 0.3) is 5.91 Å². The van der Waals surface area contributed by atoms with E-state index in [1.165, 1.54) is 12.3 Å². The van der Waals surface area contributed by atoms with Crippen LogP contribution in [0.2, 0.25) is 5.02 Å². The number of hydrogen-bond donors (Lipinski definition) is 2. The number of aromatic nitrogens is 2. The number of carbonyl (C=O) groups is 1. The fourth-order valence-electron chi connectivity index (χ4n) is 5.15. The van der Waals surface area contributed by atoms with Gasteiger partial charge in [-0.2, -0.15) is 18.3 Å². The predicted octanol–water partition coefficient (Wildman–Crippen LogP) is 4.03. The summed E-state index contributed by atoms with van der Waals surface area (Å²) in [7, 11) is 0. The molecule has 1 aromatic heterocycles. The number of aliphatic hydroxyl groups excluding tert-OH is 1. The molecule has 184 valence electrons. The minimum Gasteiger partial charge on any atom is -0.490 e. The number of benzene rings is 1. The second-order valence-electron chi connectivity index (χ2n) is 9.37. The van der Waals surface area contributed by atoms with Crippen molar-refractivity contribution in [3.63, 3.8) is 0 Å². The van der Waals surface area contributed by atoms with E-state index in [4.69, 9.17) is 21.1 Å². The molecule has 2 bridgehead atoms. The fourth-order valence-corrected chi connectivity index (χ4v) is 5.32. The maximum absolute atomic E-state index is 13.8. The van der Waals surface area contributed by atoms with Gasteiger partial charge in [-0.05, 0) is 31.7 Å². The Bertz CT molecular complexity index is 1100. The van der Waals surface area contributed by atoms with E-state index in [-0.39, 0.29) is 41.7 Å². The van der Waals surface area contributed by atoms with Crippen LogP contribution >= 0.6 is 11.6 Å². The first-order valence-corrected chi connectivity index (χ1v) is 11.3. The first-order valence-electron chi connectivity index (χ1n) is 10.9. The molecule has 1 aromatic carbocycles. The predicted molar refractivity (Wildman–Crippen MR) is 111 cm³/mol. The Balaban J connectivity index is 1.13. The molecule has 2 N–H and O–H groups in total. The normalized spacial score (nSPS) is 29.4. The Morgan fingerprint density at radius 1 is 1.35 bits per heavy atom. The van der Waals surface area contributed by atoms with Crippen LogP contribution in [-0.2, 0) is 10.3 Å². The summed E-state index contributed by atoms with van der Waals surface area (Å²) in [5.41, 5.74) is -0.327. The molecule has 2 heterocycles. The Kier molecular flexibility index (Phi) is 5.47. The Morgan fingerprint density at radius 2 is 2.09 bits per heavy atom. The summed E-state index contributed by atoms with van der Waals surface area (Å²) >= 11 is 5.76. The van der Waals surface area contributed by atoms with Gasteiger partial charge < -0.3 is 19.9 Å². The van der Waals surface area contributed by atoms with Crippen molar-refractivity contribution in [1.29, 1.82) is 0 Å². The molecule has 0 radical (unpaired) electrons. The van der Waals surface area contributed by atoms with Crippen molar-refractivity contribution in [3.8, 4) is 11.5 Å². The van der Waals surface area contributed by atoms with Gasteiger partial charge in [0, 0.05) is 30.0 Å². The number of carbonyl (C=O) groups excluding carboxylic acids is 1. The van der Waals surface area contributed by atoms with E-state index in [1.807, 2.05) is 0 Å². The van der Waals surface area contributed by atoms with E-state index < -0.39 is 36.2 Å². The fraction of sp³-hybridized carbons (Fsp3) is 0.545. The van der Waals surface area contributed by atoms with Crippen molar-refractivity contribution in [2.45, 2.75) is 68.0 Å². The van der Waals surface area contributed by atoms with Crippen LogP contribution in [0.4, 0.5) is 17.6 Å². The number of ether oxygens (including phenoxy) is 2. The molecule has 0 unspecified atom stereocenters. The van der Waals surface area contributed by atoms with E-state index >= 15 is 0 Å². The number of rotatable bonds is 7. The lowest BCUT2D eigenvalue weighted by molar-refractivity contribution is -0.165. The number of amides is 1. The molecule has 1 amide bonds. The van der Waals surface area contributed by atoms with Gasteiger partial charge in [0.2, 0.25) is 0 Å². The van der Waals surface area contributed by atoms with E-state index in [0.29, 0.717) is 30.6 Å². The highest BCUT2D eigenvalue weighted by Crippen LogP contribution is 2.65. The lowest BCUT2D eigenvalue weighted by atomic mass is 9.44.